The number of hydrogen-bond donors (Lipinski definition) is 1. The van der Waals surface area contributed by atoms with Gasteiger partial charge in [-0.25, -0.2) is 14.6 Å². The summed E-state index contributed by atoms with van der Waals surface area (Å²) in [6, 6.07) is 17.6. The number of aromatic nitrogens is 5. The normalized spacial score (nSPS) is 11.2. The zero-order chi connectivity index (χ0) is 22.1. The van der Waals surface area contributed by atoms with E-state index in [0.29, 0.717) is 11.6 Å². The largest absolute Gasteiger partial charge is 0.321 e. The molecule has 0 aliphatic rings. The molecule has 5 rings (SSSR count). The molecule has 0 bridgehead atoms. The van der Waals surface area contributed by atoms with Crippen LogP contribution in [0.1, 0.15) is 35.8 Å². The minimum Gasteiger partial charge on any atom is -0.321 e. The van der Waals surface area contributed by atoms with Crippen LogP contribution in [0.3, 0.4) is 0 Å². The van der Waals surface area contributed by atoms with Crippen molar-refractivity contribution in [3.8, 4) is 16.9 Å². The monoisotopic (exact) mass is 422 g/mol. The second-order valence-corrected chi connectivity index (χ2v) is 7.89. The molecule has 0 saturated carbocycles. The molecule has 4 heterocycles. The van der Waals surface area contributed by atoms with Crippen LogP contribution in [0.5, 0.6) is 0 Å². The maximum atomic E-state index is 13.0. The Morgan fingerprint density at radius 1 is 0.906 bits per heavy atom. The smallest absolute Gasteiger partial charge is 0.274 e. The van der Waals surface area contributed by atoms with Gasteiger partial charge in [-0.05, 0) is 47.9 Å². The Morgan fingerprint density at radius 3 is 2.41 bits per heavy atom. The summed E-state index contributed by atoms with van der Waals surface area (Å²) in [5.74, 6) is 0.988. The average molecular weight is 422 g/mol. The summed E-state index contributed by atoms with van der Waals surface area (Å²) < 4.78 is 3.65. The topological polar surface area (TPSA) is 77.1 Å². The van der Waals surface area contributed by atoms with E-state index in [2.05, 4.69) is 34.2 Å². The van der Waals surface area contributed by atoms with E-state index in [1.807, 2.05) is 59.1 Å². The number of pyridine rings is 1. The molecule has 0 atom stereocenters. The third-order valence-corrected chi connectivity index (χ3v) is 5.45. The molecule has 1 aromatic carbocycles. The zero-order valence-electron chi connectivity index (χ0n) is 17.8. The molecule has 0 aliphatic heterocycles. The van der Waals surface area contributed by atoms with E-state index in [9.17, 15) is 4.79 Å². The van der Waals surface area contributed by atoms with Crippen molar-refractivity contribution >= 4 is 17.1 Å². The van der Waals surface area contributed by atoms with Gasteiger partial charge in [0, 0.05) is 40.9 Å². The van der Waals surface area contributed by atoms with Gasteiger partial charge in [-0.3, -0.25) is 4.79 Å². The van der Waals surface area contributed by atoms with Gasteiger partial charge in [-0.1, -0.05) is 32.0 Å². The summed E-state index contributed by atoms with van der Waals surface area (Å²) in [5.41, 5.74) is 5.31. The molecule has 4 aromatic heterocycles. The number of rotatable bonds is 5. The number of nitrogens with one attached hydrogen (secondary N) is 1. The van der Waals surface area contributed by atoms with E-state index >= 15 is 0 Å². The Hall–Kier alpha value is -4.26. The molecule has 1 amide bonds. The first kappa shape index (κ1) is 19.7. The second kappa shape index (κ2) is 8.11. The zero-order valence-corrected chi connectivity index (χ0v) is 17.8. The van der Waals surface area contributed by atoms with E-state index in [-0.39, 0.29) is 5.91 Å². The van der Waals surface area contributed by atoms with Crippen molar-refractivity contribution in [2.24, 2.45) is 0 Å². The van der Waals surface area contributed by atoms with Crippen LogP contribution < -0.4 is 5.32 Å². The standard InChI is InChI=1S/C25H22N6O/c1-17(2)18-3-6-21(7-4-18)29-25(32)23-11-12-28-31(23)24-10-9-22-8-5-19(15-30(22)24)20-13-26-16-27-14-20/h3-17H,1-2H3,(H,29,32). The van der Waals surface area contributed by atoms with Gasteiger partial charge in [0.2, 0.25) is 0 Å². The number of amides is 1. The number of hydrogen-bond acceptors (Lipinski definition) is 4. The minimum atomic E-state index is -0.220. The fourth-order valence-electron chi connectivity index (χ4n) is 3.68. The SMILES string of the molecule is CC(C)c1ccc(NC(=O)c2ccnn2-c2ccc3ccc(-c4cncnc4)cn23)cc1. The molecule has 1 N–H and O–H groups in total. The Bertz CT molecular complexity index is 1380. The van der Waals surface area contributed by atoms with Gasteiger partial charge in [0.05, 0.1) is 6.20 Å². The molecular formula is C25H22N6O. The highest BCUT2D eigenvalue weighted by Crippen LogP contribution is 2.23. The second-order valence-electron chi connectivity index (χ2n) is 7.89. The summed E-state index contributed by atoms with van der Waals surface area (Å²) in [6.45, 7) is 4.29. The molecule has 5 aromatic rings. The highest BCUT2D eigenvalue weighted by atomic mass is 16.2. The van der Waals surface area contributed by atoms with Crippen LogP contribution in [0.25, 0.3) is 22.5 Å². The van der Waals surface area contributed by atoms with Crippen LogP contribution in [-0.2, 0) is 0 Å². The highest BCUT2D eigenvalue weighted by molar-refractivity contribution is 6.03. The average Bonchev–Trinajstić information content (AvgIpc) is 3.46. The maximum Gasteiger partial charge on any atom is 0.274 e. The van der Waals surface area contributed by atoms with Crippen molar-refractivity contribution in [1.29, 1.82) is 0 Å². The number of anilines is 1. The van der Waals surface area contributed by atoms with E-state index in [4.69, 9.17) is 0 Å². The third kappa shape index (κ3) is 3.65. The van der Waals surface area contributed by atoms with Crippen molar-refractivity contribution in [1.82, 2.24) is 24.1 Å². The van der Waals surface area contributed by atoms with E-state index in [1.54, 1.807) is 29.3 Å². The van der Waals surface area contributed by atoms with Crippen LogP contribution >= 0.6 is 0 Å². The first-order valence-electron chi connectivity index (χ1n) is 10.4. The molecule has 7 nitrogen and oxygen atoms in total. The molecule has 0 radical (unpaired) electrons. The number of carbonyl (C=O) groups is 1. The summed E-state index contributed by atoms with van der Waals surface area (Å²) in [7, 11) is 0. The number of nitrogens with zero attached hydrogens (tertiary/aromatic N) is 5. The van der Waals surface area contributed by atoms with Crippen LogP contribution in [0.2, 0.25) is 0 Å². The lowest BCUT2D eigenvalue weighted by Crippen LogP contribution is -2.17. The molecule has 158 valence electrons. The molecule has 0 fully saturated rings. The number of fused-ring (bicyclic) bond motifs is 1. The van der Waals surface area contributed by atoms with E-state index in [1.165, 1.54) is 11.9 Å². The van der Waals surface area contributed by atoms with Crippen molar-refractivity contribution < 1.29 is 4.79 Å². The highest BCUT2D eigenvalue weighted by Gasteiger charge is 2.16. The van der Waals surface area contributed by atoms with Crippen LogP contribution in [0, 0.1) is 0 Å². The quantitative estimate of drug-likeness (QED) is 0.434. The van der Waals surface area contributed by atoms with Crippen molar-refractivity contribution in [3.05, 3.63) is 97.0 Å². The first-order chi connectivity index (χ1) is 15.6. The predicted octanol–water partition coefficient (Wildman–Crippen LogP) is 4.96. The molecule has 7 heteroatoms. The van der Waals surface area contributed by atoms with Gasteiger partial charge < -0.3 is 9.72 Å². The Balaban J connectivity index is 1.48. The third-order valence-electron chi connectivity index (χ3n) is 5.45. The van der Waals surface area contributed by atoms with Crippen LogP contribution in [0.4, 0.5) is 5.69 Å². The number of carbonyl (C=O) groups excluding carboxylic acids is 1. The molecule has 32 heavy (non-hydrogen) atoms. The lowest BCUT2D eigenvalue weighted by atomic mass is 10.0. The van der Waals surface area contributed by atoms with Crippen LogP contribution in [0.15, 0.2) is 85.7 Å². The molecule has 0 aliphatic carbocycles. The number of benzene rings is 1. The molecule has 0 unspecified atom stereocenters. The van der Waals surface area contributed by atoms with Gasteiger partial charge in [-0.15, -0.1) is 0 Å². The summed E-state index contributed by atoms with van der Waals surface area (Å²) in [5, 5.41) is 7.39. The Morgan fingerprint density at radius 2 is 1.66 bits per heavy atom. The van der Waals surface area contributed by atoms with Gasteiger partial charge >= 0.3 is 0 Å². The first-order valence-corrected chi connectivity index (χ1v) is 10.4. The predicted molar refractivity (Wildman–Crippen MR) is 124 cm³/mol. The van der Waals surface area contributed by atoms with Gasteiger partial charge in [0.1, 0.15) is 17.8 Å². The fraction of sp³-hybridized carbons (Fsp3) is 0.120. The van der Waals surface area contributed by atoms with E-state index < -0.39 is 0 Å². The molecule has 0 saturated heterocycles. The minimum absolute atomic E-state index is 0.220. The summed E-state index contributed by atoms with van der Waals surface area (Å²) >= 11 is 0. The Labute approximate surface area is 185 Å². The van der Waals surface area contributed by atoms with Crippen molar-refractivity contribution in [2.75, 3.05) is 5.32 Å². The Kier molecular flexibility index (Phi) is 4.99. The summed E-state index contributed by atoms with van der Waals surface area (Å²) in [6.07, 6.45) is 8.68. The van der Waals surface area contributed by atoms with Crippen molar-refractivity contribution in [3.63, 3.8) is 0 Å². The van der Waals surface area contributed by atoms with Crippen LogP contribution in [-0.4, -0.2) is 30.1 Å². The van der Waals surface area contributed by atoms with Crippen molar-refractivity contribution in [2.45, 2.75) is 19.8 Å². The fourth-order valence-corrected chi connectivity index (χ4v) is 3.68. The van der Waals surface area contributed by atoms with Gasteiger partial charge in [0.15, 0.2) is 0 Å². The maximum absolute atomic E-state index is 13.0. The van der Waals surface area contributed by atoms with Gasteiger partial charge in [0.25, 0.3) is 5.91 Å². The lowest BCUT2D eigenvalue weighted by molar-refractivity contribution is 0.101. The summed E-state index contributed by atoms with van der Waals surface area (Å²) in [4.78, 5) is 21.2. The lowest BCUT2D eigenvalue weighted by Gasteiger charge is -2.11. The van der Waals surface area contributed by atoms with E-state index in [0.717, 1.165) is 28.1 Å². The van der Waals surface area contributed by atoms with Gasteiger partial charge in [-0.2, -0.15) is 5.10 Å². The molecular weight excluding hydrogens is 400 g/mol. The molecule has 0 spiro atoms.